The molecule has 0 saturated carbocycles. The zero-order valence-corrected chi connectivity index (χ0v) is 14.1. The first-order valence-corrected chi connectivity index (χ1v) is 8.47. The fraction of sp³-hybridized carbons (Fsp3) is 0.500. The summed E-state index contributed by atoms with van der Waals surface area (Å²) in [7, 11) is 1.32. The molecule has 7 nitrogen and oxygen atoms in total. The van der Waals surface area contributed by atoms with Crippen LogP contribution in [0.4, 0.5) is 4.79 Å². The van der Waals surface area contributed by atoms with Gasteiger partial charge in [-0.3, -0.25) is 4.79 Å². The first-order chi connectivity index (χ1) is 12.1. The molecule has 0 spiro atoms. The van der Waals surface area contributed by atoms with Gasteiger partial charge in [-0.25, -0.2) is 9.59 Å². The number of methoxy groups -OCH3 is 1. The van der Waals surface area contributed by atoms with Crippen LogP contribution >= 0.6 is 0 Å². The zero-order chi connectivity index (χ0) is 17.8. The van der Waals surface area contributed by atoms with Gasteiger partial charge >= 0.3 is 12.1 Å². The van der Waals surface area contributed by atoms with Crippen LogP contribution in [0.1, 0.15) is 31.2 Å². The van der Waals surface area contributed by atoms with E-state index in [9.17, 15) is 14.4 Å². The molecule has 2 aliphatic rings. The second-order valence-corrected chi connectivity index (χ2v) is 6.35. The Morgan fingerprint density at radius 1 is 1.16 bits per heavy atom. The molecule has 1 N–H and O–H groups in total. The van der Waals surface area contributed by atoms with Crippen LogP contribution in [-0.4, -0.2) is 48.1 Å². The SMILES string of the molecule is COC(=O)[C@@H]1CC[C@H]2CC[C@H](NC(=O)OCc3ccccc3)C(=O)N21. The molecule has 7 heteroatoms. The fourth-order valence-corrected chi connectivity index (χ4v) is 3.57. The van der Waals surface area contributed by atoms with E-state index in [1.807, 2.05) is 30.3 Å². The fourth-order valence-electron chi connectivity index (χ4n) is 3.57. The Morgan fingerprint density at radius 3 is 2.60 bits per heavy atom. The van der Waals surface area contributed by atoms with Gasteiger partial charge in [0.05, 0.1) is 7.11 Å². The molecule has 0 radical (unpaired) electrons. The first-order valence-electron chi connectivity index (χ1n) is 8.47. The second-order valence-electron chi connectivity index (χ2n) is 6.35. The Morgan fingerprint density at radius 2 is 1.88 bits per heavy atom. The van der Waals surface area contributed by atoms with Crippen LogP contribution in [0.25, 0.3) is 0 Å². The van der Waals surface area contributed by atoms with Crippen LogP contribution in [0.3, 0.4) is 0 Å². The quantitative estimate of drug-likeness (QED) is 0.837. The summed E-state index contributed by atoms with van der Waals surface area (Å²) in [6, 6.07) is 8.16. The third-order valence-electron chi connectivity index (χ3n) is 4.82. The number of rotatable bonds is 4. The molecule has 3 rings (SSSR count). The number of amides is 2. The number of ether oxygens (including phenoxy) is 2. The molecule has 1 aromatic carbocycles. The Balaban J connectivity index is 1.57. The molecular weight excluding hydrogens is 324 g/mol. The predicted octanol–water partition coefficient (Wildman–Crippen LogP) is 1.61. The van der Waals surface area contributed by atoms with Gasteiger partial charge in [0.25, 0.3) is 0 Å². The summed E-state index contributed by atoms with van der Waals surface area (Å²) < 4.78 is 9.96. The predicted molar refractivity (Wildman–Crippen MR) is 88.5 cm³/mol. The number of nitrogens with one attached hydrogen (secondary N) is 1. The van der Waals surface area contributed by atoms with Gasteiger partial charge in [-0.15, -0.1) is 0 Å². The maximum atomic E-state index is 12.7. The summed E-state index contributed by atoms with van der Waals surface area (Å²) in [6.07, 6.45) is 2.07. The van der Waals surface area contributed by atoms with Crippen molar-refractivity contribution in [2.24, 2.45) is 0 Å². The zero-order valence-electron chi connectivity index (χ0n) is 14.1. The summed E-state index contributed by atoms with van der Waals surface area (Å²) in [6.45, 7) is 0.144. The van der Waals surface area contributed by atoms with E-state index < -0.39 is 24.1 Å². The molecule has 2 fully saturated rings. The van der Waals surface area contributed by atoms with E-state index in [2.05, 4.69) is 5.32 Å². The summed E-state index contributed by atoms with van der Waals surface area (Å²) in [5.41, 5.74) is 0.873. The molecular formula is C18H22N2O5. The molecule has 2 aliphatic heterocycles. The van der Waals surface area contributed by atoms with Crippen molar-refractivity contribution in [3.63, 3.8) is 0 Å². The number of esters is 1. The van der Waals surface area contributed by atoms with Crippen LogP contribution in [0.5, 0.6) is 0 Å². The number of nitrogens with zero attached hydrogens (tertiary/aromatic N) is 1. The Hall–Kier alpha value is -2.57. The maximum absolute atomic E-state index is 12.7. The molecule has 2 heterocycles. The molecule has 134 valence electrons. The monoisotopic (exact) mass is 346 g/mol. The Bertz CT molecular complexity index is 648. The van der Waals surface area contributed by atoms with Crippen LogP contribution in [-0.2, 0) is 25.7 Å². The van der Waals surface area contributed by atoms with E-state index in [1.54, 1.807) is 4.90 Å². The number of alkyl carbamates (subject to hydrolysis) is 1. The van der Waals surface area contributed by atoms with Crippen molar-refractivity contribution in [1.82, 2.24) is 10.2 Å². The summed E-state index contributed by atoms with van der Waals surface area (Å²) in [5, 5.41) is 2.62. The summed E-state index contributed by atoms with van der Waals surface area (Å²) >= 11 is 0. The number of piperidine rings is 1. The van der Waals surface area contributed by atoms with Crippen LogP contribution in [0.15, 0.2) is 30.3 Å². The van der Waals surface area contributed by atoms with E-state index in [1.165, 1.54) is 7.11 Å². The first kappa shape index (κ1) is 17.3. The van der Waals surface area contributed by atoms with Crippen molar-refractivity contribution in [3.8, 4) is 0 Å². The molecule has 1 aromatic rings. The molecule has 25 heavy (non-hydrogen) atoms. The van der Waals surface area contributed by atoms with Gasteiger partial charge in [0.1, 0.15) is 18.7 Å². The lowest BCUT2D eigenvalue weighted by molar-refractivity contribution is -0.154. The molecule has 0 aliphatic carbocycles. The topological polar surface area (TPSA) is 84.9 Å². The summed E-state index contributed by atoms with van der Waals surface area (Å²) in [4.78, 5) is 38.1. The number of carbonyl (C=O) groups is 3. The molecule has 0 unspecified atom stereocenters. The highest BCUT2D eigenvalue weighted by Crippen LogP contribution is 2.33. The minimum Gasteiger partial charge on any atom is -0.467 e. The highest BCUT2D eigenvalue weighted by Gasteiger charge is 2.46. The summed E-state index contributed by atoms with van der Waals surface area (Å²) in [5.74, 6) is -0.635. The van der Waals surface area contributed by atoms with Crippen LogP contribution < -0.4 is 5.32 Å². The van der Waals surface area contributed by atoms with Gasteiger partial charge in [0.2, 0.25) is 5.91 Å². The Labute approximate surface area is 146 Å². The van der Waals surface area contributed by atoms with Crippen molar-refractivity contribution in [2.45, 2.75) is 50.4 Å². The van der Waals surface area contributed by atoms with Gasteiger partial charge in [-0.2, -0.15) is 0 Å². The molecule has 2 saturated heterocycles. The average molecular weight is 346 g/mol. The average Bonchev–Trinajstić information content (AvgIpc) is 3.07. The maximum Gasteiger partial charge on any atom is 0.408 e. The Kier molecular flexibility index (Phi) is 5.21. The lowest BCUT2D eigenvalue weighted by atomic mass is 9.98. The third-order valence-corrected chi connectivity index (χ3v) is 4.82. The van der Waals surface area contributed by atoms with Gasteiger partial charge in [-0.1, -0.05) is 30.3 Å². The molecule has 3 atom stereocenters. The van der Waals surface area contributed by atoms with Crippen LogP contribution in [0, 0.1) is 0 Å². The normalized spacial score (nSPS) is 25.2. The highest BCUT2D eigenvalue weighted by molar-refractivity contribution is 5.91. The minimum absolute atomic E-state index is 0.0509. The van der Waals surface area contributed by atoms with E-state index in [0.717, 1.165) is 18.4 Å². The molecule has 0 bridgehead atoms. The van der Waals surface area contributed by atoms with E-state index in [4.69, 9.17) is 9.47 Å². The van der Waals surface area contributed by atoms with E-state index in [-0.39, 0.29) is 18.6 Å². The third kappa shape index (κ3) is 3.75. The van der Waals surface area contributed by atoms with Crippen molar-refractivity contribution in [2.75, 3.05) is 7.11 Å². The van der Waals surface area contributed by atoms with E-state index in [0.29, 0.717) is 12.8 Å². The molecule has 2 amide bonds. The molecule has 0 aromatic heterocycles. The smallest absolute Gasteiger partial charge is 0.408 e. The lowest BCUT2D eigenvalue weighted by Gasteiger charge is -2.37. The number of hydrogen-bond donors (Lipinski definition) is 1. The van der Waals surface area contributed by atoms with Gasteiger partial charge < -0.3 is 19.7 Å². The largest absolute Gasteiger partial charge is 0.467 e. The number of hydrogen-bond acceptors (Lipinski definition) is 5. The highest BCUT2D eigenvalue weighted by atomic mass is 16.5. The number of carbonyl (C=O) groups excluding carboxylic acids is 3. The standard InChI is InChI=1S/C18H22N2O5/c1-24-17(22)15-10-8-13-7-9-14(16(21)20(13)15)19-18(23)25-11-12-5-3-2-4-6-12/h2-6,13-15H,7-11H2,1H3,(H,19,23)/t13-,14+,15+/m1/s1. The van der Waals surface area contributed by atoms with Crippen molar-refractivity contribution < 1.29 is 23.9 Å². The van der Waals surface area contributed by atoms with E-state index >= 15 is 0 Å². The number of benzene rings is 1. The van der Waals surface area contributed by atoms with Crippen molar-refractivity contribution in [3.05, 3.63) is 35.9 Å². The number of fused-ring (bicyclic) bond motifs is 1. The minimum atomic E-state index is -0.662. The van der Waals surface area contributed by atoms with Crippen molar-refractivity contribution in [1.29, 1.82) is 0 Å². The van der Waals surface area contributed by atoms with Gasteiger partial charge in [-0.05, 0) is 31.2 Å². The van der Waals surface area contributed by atoms with Gasteiger partial charge in [0, 0.05) is 6.04 Å². The van der Waals surface area contributed by atoms with Crippen LogP contribution in [0.2, 0.25) is 0 Å². The lowest BCUT2D eigenvalue weighted by Crippen LogP contribution is -2.57. The van der Waals surface area contributed by atoms with Gasteiger partial charge in [0.15, 0.2) is 0 Å². The van der Waals surface area contributed by atoms with Crippen molar-refractivity contribution >= 4 is 18.0 Å². The second kappa shape index (κ2) is 7.55.